The number of nitrogens with zero attached hydrogens (tertiary/aromatic N) is 1. The molecular formula is C13H15ClN4O. The molecule has 0 aliphatic carbocycles. The van der Waals surface area contributed by atoms with E-state index >= 15 is 0 Å². The number of benzene rings is 1. The van der Waals surface area contributed by atoms with Crippen LogP contribution in [0.25, 0.3) is 0 Å². The maximum atomic E-state index is 11.8. The molecule has 0 aliphatic rings. The third-order valence-corrected chi connectivity index (χ3v) is 3.32. The molecule has 6 heteroatoms. The highest BCUT2D eigenvalue weighted by Gasteiger charge is 2.09. The van der Waals surface area contributed by atoms with Crippen LogP contribution in [0.5, 0.6) is 0 Å². The van der Waals surface area contributed by atoms with Crippen LogP contribution in [0.15, 0.2) is 18.2 Å². The van der Waals surface area contributed by atoms with E-state index in [9.17, 15) is 4.79 Å². The minimum Gasteiger partial charge on any atom is -0.308 e. The first-order valence-corrected chi connectivity index (χ1v) is 6.21. The summed E-state index contributed by atoms with van der Waals surface area (Å²) >= 11 is 6.00. The van der Waals surface area contributed by atoms with Gasteiger partial charge in [-0.25, -0.2) is 4.79 Å². The van der Waals surface area contributed by atoms with E-state index in [4.69, 9.17) is 11.6 Å². The molecular weight excluding hydrogens is 264 g/mol. The fourth-order valence-corrected chi connectivity index (χ4v) is 1.73. The molecule has 1 aromatic carbocycles. The van der Waals surface area contributed by atoms with Crippen molar-refractivity contribution in [1.82, 2.24) is 10.2 Å². The average Bonchev–Trinajstić information content (AvgIpc) is 2.66. The zero-order valence-corrected chi connectivity index (χ0v) is 11.7. The van der Waals surface area contributed by atoms with Crippen molar-refractivity contribution in [3.63, 3.8) is 0 Å². The second-order valence-corrected chi connectivity index (χ2v) is 4.77. The second kappa shape index (κ2) is 5.32. The number of carbonyl (C=O) groups excluding carboxylic acids is 1. The van der Waals surface area contributed by atoms with Gasteiger partial charge in [-0.3, -0.25) is 10.4 Å². The molecule has 3 N–H and O–H groups in total. The van der Waals surface area contributed by atoms with E-state index in [1.54, 1.807) is 12.1 Å². The van der Waals surface area contributed by atoms with Gasteiger partial charge in [0.25, 0.3) is 0 Å². The summed E-state index contributed by atoms with van der Waals surface area (Å²) in [6.07, 6.45) is 0. The number of halogens is 1. The summed E-state index contributed by atoms with van der Waals surface area (Å²) in [4.78, 5) is 11.8. The molecule has 100 valence electrons. The molecule has 2 rings (SSSR count). The van der Waals surface area contributed by atoms with E-state index in [1.165, 1.54) is 0 Å². The van der Waals surface area contributed by atoms with E-state index in [1.807, 2.05) is 26.8 Å². The lowest BCUT2D eigenvalue weighted by Crippen LogP contribution is -2.20. The molecule has 0 bridgehead atoms. The first-order chi connectivity index (χ1) is 8.97. The monoisotopic (exact) mass is 278 g/mol. The van der Waals surface area contributed by atoms with Crippen LogP contribution in [0.4, 0.5) is 16.3 Å². The second-order valence-electron chi connectivity index (χ2n) is 4.37. The van der Waals surface area contributed by atoms with Crippen LogP contribution in [0.3, 0.4) is 0 Å². The third kappa shape index (κ3) is 3.06. The SMILES string of the molecule is Cc1ccc(NC(=O)Nc2n[nH]c(C)c2C)cc1Cl. The van der Waals surface area contributed by atoms with Crippen LogP contribution in [-0.4, -0.2) is 16.2 Å². The largest absolute Gasteiger partial charge is 0.324 e. The Kier molecular flexibility index (Phi) is 3.76. The van der Waals surface area contributed by atoms with Crippen LogP contribution in [-0.2, 0) is 0 Å². The summed E-state index contributed by atoms with van der Waals surface area (Å²) in [5.41, 5.74) is 3.44. The summed E-state index contributed by atoms with van der Waals surface area (Å²) in [6.45, 7) is 5.68. The number of hydrogen-bond acceptors (Lipinski definition) is 2. The molecule has 2 aromatic rings. The number of aryl methyl sites for hydroxylation is 2. The fraction of sp³-hybridized carbons (Fsp3) is 0.231. The van der Waals surface area contributed by atoms with Gasteiger partial charge in [-0.2, -0.15) is 5.10 Å². The smallest absolute Gasteiger partial charge is 0.308 e. The predicted molar refractivity (Wildman–Crippen MR) is 76.9 cm³/mol. The number of nitrogens with one attached hydrogen (secondary N) is 3. The van der Waals surface area contributed by atoms with Gasteiger partial charge < -0.3 is 5.32 Å². The Balaban J connectivity index is 2.05. The molecule has 19 heavy (non-hydrogen) atoms. The standard InChI is InChI=1S/C13H15ClN4O/c1-7-4-5-10(6-11(7)14)15-13(19)16-12-8(2)9(3)17-18-12/h4-6H,1-3H3,(H3,15,16,17,18,19). The van der Waals surface area contributed by atoms with Crippen molar-refractivity contribution in [2.75, 3.05) is 10.6 Å². The average molecular weight is 279 g/mol. The van der Waals surface area contributed by atoms with E-state index in [0.717, 1.165) is 16.8 Å². The Morgan fingerprint density at radius 2 is 2.00 bits per heavy atom. The number of aromatic nitrogens is 2. The van der Waals surface area contributed by atoms with Gasteiger partial charge in [0.2, 0.25) is 0 Å². The highest BCUT2D eigenvalue weighted by atomic mass is 35.5. The summed E-state index contributed by atoms with van der Waals surface area (Å²) in [5.74, 6) is 0.521. The number of carbonyl (C=O) groups is 1. The molecule has 0 radical (unpaired) electrons. The number of rotatable bonds is 2. The van der Waals surface area contributed by atoms with Gasteiger partial charge in [0.1, 0.15) is 0 Å². The van der Waals surface area contributed by atoms with E-state index < -0.39 is 0 Å². The van der Waals surface area contributed by atoms with Gasteiger partial charge in [-0.05, 0) is 38.5 Å². The Hall–Kier alpha value is -2.01. The van der Waals surface area contributed by atoms with E-state index in [2.05, 4.69) is 20.8 Å². The lowest BCUT2D eigenvalue weighted by Gasteiger charge is -2.07. The van der Waals surface area contributed by atoms with Gasteiger partial charge in [0.05, 0.1) is 0 Å². The van der Waals surface area contributed by atoms with Crippen LogP contribution in [0.1, 0.15) is 16.8 Å². The minimum atomic E-state index is -0.352. The van der Waals surface area contributed by atoms with Crippen molar-refractivity contribution in [3.05, 3.63) is 40.0 Å². The van der Waals surface area contributed by atoms with Crippen molar-refractivity contribution >= 4 is 29.1 Å². The number of urea groups is 1. The maximum absolute atomic E-state index is 11.8. The maximum Gasteiger partial charge on any atom is 0.324 e. The first kappa shape index (κ1) is 13.4. The Labute approximate surface area is 116 Å². The molecule has 5 nitrogen and oxygen atoms in total. The number of H-pyrrole nitrogens is 1. The van der Waals surface area contributed by atoms with Crippen molar-refractivity contribution in [2.45, 2.75) is 20.8 Å². The van der Waals surface area contributed by atoms with Crippen LogP contribution < -0.4 is 10.6 Å². The van der Waals surface area contributed by atoms with Gasteiger partial charge >= 0.3 is 6.03 Å². The van der Waals surface area contributed by atoms with Crippen LogP contribution >= 0.6 is 11.6 Å². The van der Waals surface area contributed by atoms with Gasteiger partial charge in [0, 0.05) is 22.0 Å². The topological polar surface area (TPSA) is 69.8 Å². The van der Waals surface area contributed by atoms with Crippen molar-refractivity contribution in [1.29, 1.82) is 0 Å². The molecule has 0 fully saturated rings. The zero-order chi connectivity index (χ0) is 14.0. The molecule has 2 amide bonds. The number of amides is 2. The van der Waals surface area contributed by atoms with Gasteiger partial charge in [-0.1, -0.05) is 17.7 Å². The lowest BCUT2D eigenvalue weighted by atomic mass is 10.2. The Morgan fingerprint density at radius 3 is 2.58 bits per heavy atom. The molecule has 0 atom stereocenters. The fourth-order valence-electron chi connectivity index (χ4n) is 1.55. The molecule has 0 unspecified atom stereocenters. The highest BCUT2D eigenvalue weighted by Crippen LogP contribution is 2.20. The summed E-state index contributed by atoms with van der Waals surface area (Å²) in [5, 5.41) is 12.8. The van der Waals surface area contributed by atoms with Crippen molar-refractivity contribution in [3.8, 4) is 0 Å². The minimum absolute atomic E-state index is 0.352. The van der Waals surface area contributed by atoms with Crippen molar-refractivity contribution in [2.24, 2.45) is 0 Å². The molecule has 0 saturated carbocycles. The predicted octanol–water partition coefficient (Wildman–Crippen LogP) is 3.63. The van der Waals surface area contributed by atoms with E-state index in [0.29, 0.717) is 16.5 Å². The van der Waals surface area contributed by atoms with Gasteiger partial charge in [-0.15, -0.1) is 0 Å². The highest BCUT2D eigenvalue weighted by molar-refractivity contribution is 6.31. The number of anilines is 2. The summed E-state index contributed by atoms with van der Waals surface area (Å²) in [7, 11) is 0. The van der Waals surface area contributed by atoms with Gasteiger partial charge in [0.15, 0.2) is 5.82 Å². The normalized spacial score (nSPS) is 10.3. The zero-order valence-electron chi connectivity index (χ0n) is 11.0. The number of hydrogen-bond donors (Lipinski definition) is 3. The van der Waals surface area contributed by atoms with Crippen molar-refractivity contribution < 1.29 is 4.79 Å². The molecule has 0 spiro atoms. The lowest BCUT2D eigenvalue weighted by molar-refractivity contribution is 0.262. The summed E-state index contributed by atoms with van der Waals surface area (Å²) < 4.78 is 0. The molecule has 1 heterocycles. The molecule has 0 saturated heterocycles. The Bertz CT molecular complexity index is 621. The molecule has 0 aliphatic heterocycles. The van der Waals surface area contributed by atoms with Crippen LogP contribution in [0.2, 0.25) is 5.02 Å². The first-order valence-electron chi connectivity index (χ1n) is 5.83. The van der Waals surface area contributed by atoms with E-state index in [-0.39, 0.29) is 6.03 Å². The van der Waals surface area contributed by atoms with Crippen LogP contribution in [0, 0.1) is 20.8 Å². The molecule has 1 aromatic heterocycles. The summed E-state index contributed by atoms with van der Waals surface area (Å²) in [6, 6.07) is 5.00. The Morgan fingerprint density at radius 1 is 1.26 bits per heavy atom. The quantitative estimate of drug-likeness (QED) is 0.785. The third-order valence-electron chi connectivity index (χ3n) is 2.91. The number of aromatic amines is 1.